The second-order valence-electron chi connectivity index (χ2n) is 7.82. The van der Waals surface area contributed by atoms with Gasteiger partial charge in [-0.2, -0.15) is 0 Å². The van der Waals surface area contributed by atoms with Gasteiger partial charge in [-0.1, -0.05) is 13.8 Å². The first kappa shape index (κ1) is 19.1. The number of piperidine rings is 2. The van der Waals surface area contributed by atoms with Crippen molar-refractivity contribution in [3.05, 3.63) is 18.1 Å². The van der Waals surface area contributed by atoms with Gasteiger partial charge in [0, 0.05) is 37.3 Å². The van der Waals surface area contributed by atoms with Crippen LogP contribution in [-0.4, -0.2) is 48.1 Å². The summed E-state index contributed by atoms with van der Waals surface area (Å²) in [6.45, 7) is 8.41. The molecule has 2 aliphatic rings. The summed E-state index contributed by atoms with van der Waals surface area (Å²) in [5.41, 5.74) is 1.08. The number of nitrogens with zero attached hydrogens (tertiary/aromatic N) is 3. The Hall–Kier alpha value is -1.69. The van der Waals surface area contributed by atoms with E-state index < -0.39 is 0 Å². The fourth-order valence-corrected chi connectivity index (χ4v) is 4.16. The molecule has 0 bridgehead atoms. The molecule has 0 aromatic carbocycles. The van der Waals surface area contributed by atoms with Crippen LogP contribution in [0.25, 0.3) is 0 Å². The van der Waals surface area contributed by atoms with Gasteiger partial charge in [0.15, 0.2) is 0 Å². The average molecular weight is 360 g/mol. The third-order valence-corrected chi connectivity index (χ3v) is 5.95. The second-order valence-corrected chi connectivity index (χ2v) is 7.82. The van der Waals surface area contributed by atoms with Gasteiger partial charge in [0.05, 0.1) is 0 Å². The van der Waals surface area contributed by atoms with E-state index in [1.54, 1.807) is 6.33 Å². The number of amides is 1. The molecule has 2 fully saturated rings. The van der Waals surface area contributed by atoms with Crippen molar-refractivity contribution in [2.75, 3.05) is 31.1 Å². The van der Waals surface area contributed by atoms with Crippen LogP contribution < -0.4 is 15.5 Å². The Morgan fingerprint density at radius 3 is 2.69 bits per heavy atom. The molecule has 1 atom stereocenters. The molecule has 26 heavy (non-hydrogen) atoms. The van der Waals surface area contributed by atoms with E-state index in [-0.39, 0.29) is 5.91 Å². The highest BCUT2D eigenvalue weighted by Gasteiger charge is 2.25. The first-order valence-electron chi connectivity index (χ1n) is 10.2. The predicted molar refractivity (Wildman–Crippen MR) is 104 cm³/mol. The molecule has 0 saturated carbocycles. The molecule has 2 N–H and O–H groups in total. The van der Waals surface area contributed by atoms with Gasteiger partial charge in [-0.15, -0.1) is 0 Å². The molecular weight excluding hydrogens is 326 g/mol. The first-order chi connectivity index (χ1) is 12.7. The van der Waals surface area contributed by atoms with E-state index in [4.69, 9.17) is 0 Å². The summed E-state index contributed by atoms with van der Waals surface area (Å²) < 4.78 is 0. The van der Waals surface area contributed by atoms with Crippen molar-refractivity contribution >= 4 is 11.7 Å². The van der Waals surface area contributed by atoms with Gasteiger partial charge in [0.25, 0.3) is 0 Å². The molecular formula is C20H33N5O. The SMILES string of the molecule is CCc1cc(N2CCC(NC(=O)CC(C)C3CCNCC3)CC2)ncn1. The number of aryl methyl sites for hydroxylation is 1. The number of aromatic nitrogens is 2. The molecule has 2 saturated heterocycles. The Morgan fingerprint density at radius 2 is 2.00 bits per heavy atom. The van der Waals surface area contributed by atoms with Crippen LogP contribution in [0.5, 0.6) is 0 Å². The maximum Gasteiger partial charge on any atom is 0.220 e. The molecule has 0 spiro atoms. The maximum atomic E-state index is 12.4. The molecule has 144 valence electrons. The van der Waals surface area contributed by atoms with Crippen LogP contribution in [0.1, 0.15) is 51.6 Å². The zero-order valence-corrected chi connectivity index (χ0v) is 16.2. The third kappa shape index (κ3) is 5.16. The van der Waals surface area contributed by atoms with E-state index in [0.717, 1.165) is 57.0 Å². The quantitative estimate of drug-likeness (QED) is 0.814. The van der Waals surface area contributed by atoms with Crippen molar-refractivity contribution < 1.29 is 4.79 Å². The first-order valence-corrected chi connectivity index (χ1v) is 10.2. The Kier molecular flexibility index (Phi) is 6.83. The van der Waals surface area contributed by atoms with E-state index in [1.807, 2.05) is 0 Å². The van der Waals surface area contributed by atoms with Crippen LogP contribution in [0, 0.1) is 11.8 Å². The molecule has 1 aromatic rings. The Labute approximate surface area is 157 Å². The van der Waals surface area contributed by atoms with Crippen molar-refractivity contribution in [1.82, 2.24) is 20.6 Å². The van der Waals surface area contributed by atoms with Crippen LogP contribution in [0.3, 0.4) is 0 Å². The van der Waals surface area contributed by atoms with Crippen LogP contribution >= 0.6 is 0 Å². The number of carbonyl (C=O) groups excluding carboxylic acids is 1. The molecule has 3 rings (SSSR count). The lowest BCUT2D eigenvalue weighted by Gasteiger charge is -2.34. The Balaban J connectivity index is 1.42. The van der Waals surface area contributed by atoms with Gasteiger partial charge in [0.2, 0.25) is 5.91 Å². The summed E-state index contributed by atoms with van der Waals surface area (Å²) >= 11 is 0. The highest BCUT2D eigenvalue weighted by molar-refractivity contribution is 5.76. The van der Waals surface area contributed by atoms with Gasteiger partial charge >= 0.3 is 0 Å². The molecule has 0 aliphatic carbocycles. The molecule has 6 heteroatoms. The molecule has 1 amide bonds. The molecule has 0 radical (unpaired) electrons. The van der Waals surface area contributed by atoms with Gasteiger partial charge in [0.1, 0.15) is 12.1 Å². The van der Waals surface area contributed by atoms with Crippen molar-refractivity contribution in [2.24, 2.45) is 11.8 Å². The van der Waals surface area contributed by atoms with E-state index in [2.05, 4.69) is 45.4 Å². The number of carbonyl (C=O) groups is 1. The van der Waals surface area contributed by atoms with Crippen molar-refractivity contribution in [3.63, 3.8) is 0 Å². The molecule has 6 nitrogen and oxygen atoms in total. The monoisotopic (exact) mass is 359 g/mol. The minimum atomic E-state index is 0.227. The molecule has 2 aliphatic heterocycles. The largest absolute Gasteiger partial charge is 0.356 e. The van der Waals surface area contributed by atoms with Crippen LogP contribution in [-0.2, 0) is 11.2 Å². The highest BCUT2D eigenvalue weighted by atomic mass is 16.1. The van der Waals surface area contributed by atoms with Gasteiger partial charge in [-0.3, -0.25) is 4.79 Å². The molecule has 1 unspecified atom stereocenters. The minimum absolute atomic E-state index is 0.227. The van der Waals surface area contributed by atoms with Crippen molar-refractivity contribution in [2.45, 2.75) is 58.4 Å². The Morgan fingerprint density at radius 1 is 1.27 bits per heavy atom. The number of anilines is 1. The predicted octanol–water partition coefficient (Wildman–Crippen LogP) is 2.15. The zero-order valence-electron chi connectivity index (χ0n) is 16.2. The number of hydrogen-bond acceptors (Lipinski definition) is 5. The van der Waals surface area contributed by atoms with Crippen LogP contribution in [0.15, 0.2) is 12.4 Å². The van der Waals surface area contributed by atoms with E-state index in [9.17, 15) is 4.79 Å². The van der Waals surface area contributed by atoms with Crippen molar-refractivity contribution in [1.29, 1.82) is 0 Å². The fraction of sp³-hybridized carbons (Fsp3) is 0.750. The summed E-state index contributed by atoms with van der Waals surface area (Å²) in [4.78, 5) is 23.4. The minimum Gasteiger partial charge on any atom is -0.356 e. The Bertz CT molecular complexity index is 579. The van der Waals surface area contributed by atoms with Crippen LogP contribution in [0.2, 0.25) is 0 Å². The number of rotatable bonds is 6. The van der Waals surface area contributed by atoms with E-state index in [1.165, 1.54) is 12.8 Å². The molecule has 3 heterocycles. The summed E-state index contributed by atoms with van der Waals surface area (Å²) in [6, 6.07) is 2.38. The highest BCUT2D eigenvalue weighted by Crippen LogP contribution is 2.24. The van der Waals surface area contributed by atoms with Crippen LogP contribution in [0.4, 0.5) is 5.82 Å². The topological polar surface area (TPSA) is 70.2 Å². The fourth-order valence-electron chi connectivity index (χ4n) is 4.16. The molecule has 1 aromatic heterocycles. The smallest absolute Gasteiger partial charge is 0.220 e. The lowest BCUT2D eigenvalue weighted by Crippen LogP contribution is -2.45. The normalized spacial score (nSPS) is 20.8. The van der Waals surface area contributed by atoms with E-state index in [0.29, 0.717) is 24.3 Å². The summed E-state index contributed by atoms with van der Waals surface area (Å²) in [6.07, 6.45) is 7.62. The maximum absolute atomic E-state index is 12.4. The van der Waals surface area contributed by atoms with E-state index >= 15 is 0 Å². The third-order valence-electron chi connectivity index (χ3n) is 5.95. The average Bonchev–Trinajstić information content (AvgIpc) is 2.69. The van der Waals surface area contributed by atoms with Gasteiger partial charge in [-0.05, 0) is 57.0 Å². The summed E-state index contributed by atoms with van der Waals surface area (Å²) in [5, 5.41) is 6.67. The summed E-state index contributed by atoms with van der Waals surface area (Å²) in [5.74, 6) is 2.41. The standard InChI is InChI=1S/C20H33N5O/c1-3-17-13-19(23-14-22-17)25-10-6-18(7-11-25)24-20(26)12-15(2)16-4-8-21-9-5-16/h13-16,18,21H,3-12H2,1-2H3,(H,24,26). The van der Waals surface area contributed by atoms with Gasteiger partial charge in [-0.25, -0.2) is 9.97 Å². The number of hydrogen-bond donors (Lipinski definition) is 2. The summed E-state index contributed by atoms with van der Waals surface area (Å²) in [7, 11) is 0. The zero-order chi connectivity index (χ0) is 18.4. The number of nitrogens with one attached hydrogen (secondary N) is 2. The second kappa shape index (κ2) is 9.31. The van der Waals surface area contributed by atoms with Gasteiger partial charge < -0.3 is 15.5 Å². The van der Waals surface area contributed by atoms with Crippen molar-refractivity contribution in [3.8, 4) is 0 Å². The lowest BCUT2D eigenvalue weighted by molar-refractivity contribution is -0.123. The lowest BCUT2D eigenvalue weighted by atomic mass is 9.84.